The lowest BCUT2D eigenvalue weighted by Crippen LogP contribution is -2.49. The van der Waals surface area contributed by atoms with Gasteiger partial charge in [0.2, 0.25) is 0 Å². The average Bonchev–Trinajstić information content (AvgIpc) is 3.47. The van der Waals surface area contributed by atoms with Crippen LogP contribution in [-0.2, 0) is 20.8 Å². The fourth-order valence-corrected chi connectivity index (χ4v) is 4.73. The van der Waals surface area contributed by atoms with E-state index in [0.717, 1.165) is 18.6 Å². The number of hydrogen-bond donors (Lipinski definition) is 0. The van der Waals surface area contributed by atoms with Crippen molar-refractivity contribution in [1.29, 1.82) is 0 Å². The minimum atomic E-state index is -0.677. The first kappa shape index (κ1) is 18.8. The van der Waals surface area contributed by atoms with Gasteiger partial charge in [-0.15, -0.1) is 0 Å². The van der Waals surface area contributed by atoms with E-state index in [1.54, 1.807) is 0 Å². The summed E-state index contributed by atoms with van der Waals surface area (Å²) < 4.78 is 17.6. The predicted molar refractivity (Wildman–Crippen MR) is 102 cm³/mol. The molecule has 0 bridgehead atoms. The van der Waals surface area contributed by atoms with Crippen molar-refractivity contribution < 1.29 is 19.0 Å². The standard InChI is InChI=1S/C22H31NO4/c1-22(2)23(21(24)26-14-17-11-7-4-8-12-17)18(20(27-22)19-15-25-19)13-16-9-5-3-6-10-16/h4,7-8,11-12,16,18-20H,3,5-6,9-10,13-15H2,1-2H3/t18-,19-,20+/m0/s1. The zero-order chi connectivity index (χ0) is 18.9. The van der Waals surface area contributed by atoms with Crippen LogP contribution in [0.2, 0.25) is 0 Å². The molecule has 1 aromatic carbocycles. The molecule has 3 atom stereocenters. The molecule has 0 radical (unpaired) electrons. The van der Waals surface area contributed by atoms with Crippen LogP contribution in [0.25, 0.3) is 0 Å². The Morgan fingerprint density at radius 2 is 1.89 bits per heavy atom. The van der Waals surface area contributed by atoms with Crippen molar-refractivity contribution in [3.63, 3.8) is 0 Å². The van der Waals surface area contributed by atoms with E-state index in [4.69, 9.17) is 14.2 Å². The Balaban J connectivity index is 1.48. The minimum Gasteiger partial charge on any atom is -0.444 e. The molecule has 5 nitrogen and oxygen atoms in total. The van der Waals surface area contributed by atoms with Gasteiger partial charge in [-0.1, -0.05) is 62.4 Å². The zero-order valence-corrected chi connectivity index (χ0v) is 16.4. The molecule has 1 aromatic rings. The lowest BCUT2D eigenvalue weighted by molar-refractivity contribution is -0.0755. The molecule has 4 rings (SSSR count). The summed E-state index contributed by atoms with van der Waals surface area (Å²) in [5.41, 5.74) is 0.318. The van der Waals surface area contributed by atoms with E-state index in [2.05, 4.69) is 0 Å². The number of hydrogen-bond acceptors (Lipinski definition) is 4. The second-order valence-electron chi connectivity index (χ2n) is 8.62. The van der Waals surface area contributed by atoms with Crippen molar-refractivity contribution in [2.45, 2.75) is 83.0 Å². The normalized spacial score (nSPS) is 30.3. The SMILES string of the molecule is CC1(C)O[C@@H]([C@@H]2CO2)[C@H](CC2CCCCC2)N1C(=O)OCc1ccccc1. The molecule has 148 valence electrons. The molecule has 27 heavy (non-hydrogen) atoms. The summed E-state index contributed by atoms with van der Waals surface area (Å²) in [5.74, 6) is 0.659. The van der Waals surface area contributed by atoms with Crippen LogP contribution in [0.15, 0.2) is 30.3 Å². The molecule has 0 aromatic heterocycles. The van der Waals surface area contributed by atoms with Gasteiger partial charge in [-0.2, -0.15) is 0 Å². The van der Waals surface area contributed by atoms with Crippen LogP contribution in [0.4, 0.5) is 4.79 Å². The molecule has 3 aliphatic rings. The lowest BCUT2D eigenvalue weighted by Gasteiger charge is -2.35. The van der Waals surface area contributed by atoms with E-state index in [-0.39, 0.29) is 30.9 Å². The fourth-order valence-electron chi connectivity index (χ4n) is 4.73. The van der Waals surface area contributed by atoms with Gasteiger partial charge in [0.1, 0.15) is 24.5 Å². The fraction of sp³-hybridized carbons (Fsp3) is 0.682. The Morgan fingerprint density at radius 1 is 1.19 bits per heavy atom. The van der Waals surface area contributed by atoms with Gasteiger partial charge < -0.3 is 14.2 Å². The van der Waals surface area contributed by atoms with Gasteiger partial charge in [0, 0.05) is 0 Å². The second-order valence-corrected chi connectivity index (χ2v) is 8.62. The largest absolute Gasteiger partial charge is 0.444 e. The van der Waals surface area contributed by atoms with Crippen LogP contribution in [-0.4, -0.2) is 41.6 Å². The Kier molecular flexibility index (Phi) is 5.42. The third kappa shape index (κ3) is 4.30. The number of ether oxygens (including phenoxy) is 3. The van der Waals surface area contributed by atoms with Crippen molar-refractivity contribution in [2.75, 3.05) is 6.61 Å². The maximum atomic E-state index is 13.1. The van der Waals surface area contributed by atoms with E-state index in [1.807, 2.05) is 49.1 Å². The van der Waals surface area contributed by atoms with Crippen LogP contribution < -0.4 is 0 Å². The van der Waals surface area contributed by atoms with Gasteiger partial charge in [0.25, 0.3) is 0 Å². The smallest absolute Gasteiger partial charge is 0.412 e. The summed E-state index contributed by atoms with van der Waals surface area (Å²) in [7, 11) is 0. The van der Waals surface area contributed by atoms with Gasteiger partial charge in [-0.25, -0.2) is 4.79 Å². The molecule has 5 heteroatoms. The van der Waals surface area contributed by atoms with E-state index in [1.165, 1.54) is 32.1 Å². The lowest BCUT2D eigenvalue weighted by atomic mass is 9.83. The molecule has 1 aliphatic carbocycles. The number of rotatable bonds is 5. The Hall–Kier alpha value is -1.59. The van der Waals surface area contributed by atoms with Crippen LogP contribution in [0, 0.1) is 5.92 Å². The summed E-state index contributed by atoms with van der Waals surface area (Å²) in [6, 6.07) is 9.84. The molecule has 2 heterocycles. The number of epoxide rings is 1. The van der Waals surface area contributed by atoms with Crippen LogP contribution in [0.1, 0.15) is 57.9 Å². The van der Waals surface area contributed by atoms with Crippen molar-refractivity contribution in [2.24, 2.45) is 5.92 Å². The van der Waals surface area contributed by atoms with E-state index in [0.29, 0.717) is 5.92 Å². The number of amides is 1. The van der Waals surface area contributed by atoms with Crippen molar-refractivity contribution in [3.05, 3.63) is 35.9 Å². The number of nitrogens with zero attached hydrogens (tertiary/aromatic N) is 1. The maximum absolute atomic E-state index is 13.1. The van der Waals surface area contributed by atoms with Crippen molar-refractivity contribution in [3.8, 4) is 0 Å². The maximum Gasteiger partial charge on any atom is 0.412 e. The Morgan fingerprint density at radius 3 is 2.56 bits per heavy atom. The number of carbonyl (C=O) groups excluding carboxylic acids is 1. The summed E-state index contributed by atoms with van der Waals surface area (Å²) >= 11 is 0. The highest BCUT2D eigenvalue weighted by molar-refractivity contribution is 5.69. The van der Waals surface area contributed by atoms with Crippen molar-refractivity contribution >= 4 is 6.09 Å². The van der Waals surface area contributed by atoms with E-state index < -0.39 is 5.72 Å². The molecule has 2 saturated heterocycles. The third-order valence-corrected chi connectivity index (χ3v) is 6.14. The molecular weight excluding hydrogens is 342 g/mol. The van der Waals surface area contributed by atoms with Gasteiger partial charge in [0.15, 0.2) is 0 Å². The highest BCUT2D eigenvalue weighted by atomic mass is 16.6. The van der Waals surface area contributed by atoms with Gasteiger partial charge in [0.05, 0.1) is 12.6 Å². The molecule has 0 unspecified atom stereocenters. The first-order valence-electron chi connectivity index (χ1n) is 10.3. The molecule has 0 spiro atoms. The average molecular weight is 373 g/mol. The summed E-state index contributed by atoms with van der Waals surface area (Å²) in [6.07, 6.45) is 7.19. The van der Waals surface area contributed by atoms with Gasteiger partial charge in [-0.3, -0.25) is 4.90 Å². The molecular formula is C22H31NO4. The van der Waals surface area contributed by atoms with Crippen LogP contribution in [0.5, 0.6) is 0 Å². The molecule has 1 amide bonds. The van der Waals surface area contributed by atoms with Crippen molar-refractivity contribution in [1.82, 2.24) is 4.90 Å². The van der Waals surface area contributed by atoms with E-state index >= 15 is 0 Å². The minimum absolute atomic E-state index is 0.0267. The summed E-state index contributed by atoms with van der Waals surface area (Å²) in [5, 5.41) is 0. The first-order chi connectivity index (χ1) is 13.0. The first-order valence-corrected chi connectivity index (χ1v) is 10.3. The van der Waals surface area contributed by atoms with Gasteiger partial charge >= 0.3 is 6.09 Å². The third-order valence-electron chi connectivity index (χ3n) is 6.14. The van der Waals surface area contributed by atoms with Gasteiger partial charge in [-0.05, 0) is 31.7 Å². The Bertz CT molecular complexity index is 637. The predicted octanol–water partition coefficient (Wildman–Crippen LogP) is 4.50. The molecule has 2 aliphatic heterocycles. The number of benzene rings is 1. The van der Waals surface area contributed by atoms with Crippen LogP contribution >= 0.6 is 0 Å². The Labute approximate surface area is 162 Å². The molecule has 0 N–H and O–H groups in total. The van der Waals surface area contributed by atoms with Crippen LogP contribution in [0.3, 0.4) is 0 Å². The summed E-state index contributed by atoms with van der Waals surface area (Å²) in [6.45, 7) is 4.95. The number of carbonyl (C=O) groups is 1. The topological polar surface area (TPSA) is 51.3 Å². The quantitative estimate of drug-likeness (QED) is 0.713. The highest BCUT2D eigenvalue weighted by Crippen LogP contribution is 2.42. The second kappa shape index (κ2) is 7.80. The summed E-state index contributed by atoms with van der Waals surface area (Å²) in [4.78, 5) is 14.9. The monoisotopic (exact) mass is 373 g/mol. The highest BCUT2D eigenvalue weighted by Gasteiger charge is 2.56. The molecule has 3 fully saturated rings. The zero-order valence-electron chi connectivity index (χ0n) is 16.4. The van der Waals surface area contributed by atoms with E-state index in [9.17, 15) is 4.79 Å². The molecule has 1 saturated carbocycles.